The van der Waals surface area contributed by atoms with Crippen LogP contribution in [0.3, 0.4) is 0 Å². The summed E-state index contributed by atoms with van der Waals surface area (Å²) in [4.78, 5) is 33.3. The van der Waals surface area contributed by atoms with Crippen molar-refractivity contribution in [3.63, 3.8) is 0 Å². The Bertz CT molecular complexity index is 1310. The highest BCUT2D eigenvalue weighted by Gasteiger charge is 2.23. The topological polar surface area (TPSA) is 103 Å². The third-order valence-corrected chi connectivity index (χ3v) is 5.36. The van der Waals surface area contributed by atoms with Gasteiger partial charge in [0.1, 0.15) is 17.3 Å². The number of hydrogen-bond donors (Lipinski definition) is 2. The lowest BCUT2D eigenvalue weighted by Crippen LogP contribution is -2.32. The van der Waals surface area contributed by atoms with Crippen molar-refractivity contribution in [2.24, 2.45) is 0 Å². The van der Waals surface area contributed by atoms with Crippen LogP contribution >= 0.6 is 0 Å². The number of aromatic nitrogens is 2. The molecule has 0 spiro atoms. The number of benzene rings is 3. The van der Waals surface area contributed by atoms with Gasteiger partial charge in [-0.1, -0.05) is 19.1 Å². The fraction of sp³-hybridized carbons (Fsp3) is 0.192. The van der Waals surface area contributed by atoms with Crippen molar-refractivity contribution in [2.45, 2.75) is 19.4 Å². The minimum Gasteiger partial charge on any atom is -0.497 e. The molecule has 0 saturated carbocycles. The number of fused-ring (bicyclic) bond motifs is 1. The number of carbonyl (C=O) groups excluding carboxylic acids is 2. The van der Waals surface area contributed by atoms with Crippen molar-refractivity contribution >= 4 is 28.6 Å². The van der Waals surface area contributed by atoms with Gasteiger partial charge in [0.25, 0.3) is 5.91 Å². The minimum absolute atomic E-state index is 0.320. The highest BCUT2D eigenvalue weighted by molar-refractivity contribution is 5.99. The maximum Gasteiger partial charge on any atom is 0.338 e. The van der Waals surface area contributed by atoms with Gasteiger partial charge in [0.2, 0.25) is 0 Å². The molecule has 8 heteroatoms. The molecule has 4 aromatic rings. The summed E-state index contributed by atoms with van der Waals surface area (Å²) in [6.07, 6.45) is -0.634. The van der Waals surface area contributed by atoms with Gasteiger partial charge in [0.05, 0.1) is 36.5 Å². The van der Waals surface area contributed by atoms with Gasteiger partial charge in [-0.3, -0.25) is 4.79 Å². The molecule has 174 valence electrons. The van der Waals surface area contributed by atoms with E-state index >= 15 is 0 Å². The lowest BCUT2D eigenvalue weighted by atomic mass is 10.2. The first kappa shape index (κ1) is 22.8. The Hall–Kier alpha value is -4.33. The Morgan fingerprint density at radius 2 is 1.76 bits per heavy atom. The van der Waals surface area contributed by atoms with E-state index in [0.29, 0.717) is 40.3 Å². The van der Waals surface area contributed by atoms with Gasteiger partial charge in [-0.2, -0.15) is 0 Å². The third-order valence-electron chi connectivity index (χ3n) is 5.36. The summed E-state index contributed by atoms with van der Waals surface area (Å²) < 4.78 is 16.0. The van der Waals surface area contributed by atoms with Gasteiger partial charge in [0, 0.05) is 5.56 Å². The van der Waals surface area contributed by atoms with Crippen LogP contribution in [0.4, 0.5) is 5.69 Å². The van der Waals surface area contributed by atoms with Crippen LogP contribution in [0.25, 0.3) is 22.4 Å². The Morgan fingerprint density at radius 3 is 2.47 bits per heavy atom. The smallest absolute Gasteiger partial charge is 0.338 e. The van der Waals surface area contributed by atoms with Gasteiger partial charge in [0.15, 0.2) is 6.10 Å². The number of anilines is 1. The van der Waals surface area contributed by atoms with E-state index in [0.717, 1.165) is 11.3 Å². The second-order valence-electron chi connectivity index (χ2n) is 7.54. The van der Waals surface area contributed by atoms with E-state index in [1.54, 1.807) is 56.5 Å². The summed E-state index contributed by atoms with van der Waals surface area (Å²) in [5, 5.41) is 2.76. The molecule has 0 radical (unpaired) electrons. The first-order valence-corrected chi connectivity index (χ1v) is 10.8. The van der Waals surface area contributed by atoms with Crippen molar-refractivity contribution in [1.29, 1.82) is 0 Å². The molecular weight excluding hydrogens is 434 g/mol. The van der Waals surface area contributed by atoms with E-state index in [2.05, 4.69) is 15.3 Å². The number of carbonyl (C=O) groups is 2. The van der Waals surface area contributed by atoms with Crippen LogP contribution < -0.4 is 14.8 Å². The molecule has 4 rings (SSSR count). The summed E-state index contributed by atoms with van der Waals surface area (Å²) in [7, 11) is 3.13. The second-order valence-corrected chi connectivity index (χ2v) is 7.54. The zero-order chi connectivity index (χ0) is 24.1. The Balaban J connectivity index is 1.49. The summed E-state index contributed by atoms with van der Waals surface area (Å²) >= 11 is 0. The van der Waals surface area contributed by atoms with Gasteiger partial charge >= 0.3 is 5.97 Å². The fourth-order valence-electron chi connectivity index (χ4n) is 3.50. The number of nitrogens with zero attached hydrogens (tertiary/aromatic N) is 1. The molecule has 34 heavy (non-hydrogen) atoms. The van der Waals surface area contributed by atoms with E-state index in [-0.39, 0.29) is 0 Å². The first-order valence-electron chi connectivity index (χ1n) is 10.8. The lowest BCUT2D eigenvalue weighted by molar-refractivity contribution is -0.124. The van der Waals surface area contributed by atoms with E-state index in [1.807, 2.05) is 24.3 Å². The Labute approximate surface area is 196 Å². The van der Waals surface area contributed by atoms with Crippen molar-refractivity contribution < 1.29 is 23.8 Å². The van der Waals surface area contributed by atoms with Crippen LogP contribution in [-0.4, -0.2) is 42.2 Å². The minimum atomic E-state index is -0.954. The number of hydrogen-bond acceptors (Lipinski definition) is 6. The zero-order valence-electron chi connectivity index (χ0n) is 19.1. The van der Waals surface area contributed by atoms with Crippen LogP contribution in [0.5, 0.6) is 11.5 Å². The largest absolute Gasteiger partial charge is 0.497 e. The van der Waals surface area contributed by atoms with Crippen LogP contribution in [0, 0.1) is 0 Å². The monoisotopic (exact) mass is 459 g/mol. The molecule has 0 bridgehead atoms. The molecule has 8 nitrogen and oxygen atoms in total. The number of nitrogens with one attached hydrogen (secondary N) is 2. The van der Waals surface area contributed by atoms with Gasteiger partial charge in [-0.25, -0.2) is 9.78 Å². The standard InChI is InChI=1S/C26H25N3O5/c1-4-22(25(30)29-20-7-5-6-8-23(20)33-3)34-26(31)17-11-14-19-21(15-17)28-24(27-19)16-9-12-18(32-2)13-10-16/h5-15,22H,4H2,1-3H3,(H,27,28)(H,29,30). The number of rotatable bonds is 8. The predicted molar refractivity (Wildman–Crippen MR) is 129 cm³/mol. The van der Waals surface area contributed by atoms with Gasteiger partial charge in [-0.15, -0.1) is 0 Å². The molecule has 1 atom stereocenters. The highest BCUT2D eigenvalue weighted by atomic mass is 16.5. The van der Waals surface area contributed by atoms with E-state index in [1.165, 1.54) is 7.11 Å². The molecule has 0 saturated heterocycles. The second kappa shape index (κ2) is 10.1. The SMILES string of the molecule is CCC(OC(=O)c1ccc2nc(-c3ccc(OC)cc3)[nH]c2c1)C(=O)Nc1ccccc1OC. The van der Waals surface area contributed by atoms with Crippen LogP contribution in [0.1, 0.15) is 23.7 Å². The maximum atomic E-state index is 12.8. The first-order chi connectivity index (χ1) is 16.5. The van der Waals surface area contributed by atoms with Crippen LogP contribution in [0.2, 0.25) is 0 Å². The number of methoxy groups -OCH3 is 2. The highest BCUT2D eigenvalue weighted by Crippen LogP contribution is 2.25. The number of para-hydroxylation sites is 2. The van der Waals surface area contributed by atoms with Crippen molar-refractivity contribution in [1.82, 2.24) is 9.97 Å². The lowest BCUT2D eigenvalue weighted by Gasteiger charge is -2.17. The molecule has 1 amide bonds. The number of amides is 1. The molecule has 0 aliphatic heterocycles. The normalized spacial score (nSPS) is 11.6. The van der Waals surface area contributed by atoms with Crippen LogP contribution in [0.15, 0.2) is 66.7 Å². The molecule has 1 heterocycles. The number of ether oxygens (including phenoxy) is 3. The molecular formula is C26H25N3O5. The summed E-state index contributed by atoms with van der Waals surface area (Å²) in [5.74, 6) is 0.930. The third kappa shape index (κ3) is 4.85. The summed E-state index contributed by atoms with van der Waals surface area (Å²) in [6.45, 7) is 1.78. The van der Waals surface area contributed by atoms with E-state index in [4.69, 9.17) is 14.2 Å². The average molecular weight is 460 g/mol. The van der Waals surface area contributed by atoms with Gasteiger partial charge in [-0.05, 0) is 61.0 Å². The summed E-state index contributed by atoms with van der Waals surface area (Å²) in [5.41, 5.74) is 3.12. The van der Waals surface area contributed by atoms with E-state index in [9.17, 15) is 9.59 Å². The number of esters is 1. The van der Waals surface area contributed by atoms with Crippen molar-refractivity contribution in [3.8, 4) is 22.9 Å². The molecule has 2 N–H and O–H groups in total. The van der Waals surface area contributed by atoms with Crippen molar-refractivity contribution in [2.75, 3.05) is 19.5 Å². The summed E-state index contributed by atoms with van der Waals surface area (Å²) in [6, 6.07) is 19.6. The van der Waals surface area contributed by atoms with Crippen molar-refractivity contribution in [3.05, 3.63) is 72.3 Å². The van der Waals surface area contributed by atoms with Crippen LogP contribution in [-0.2, 0) is 9.53 Å². The quantitative estimate of drug-likeness (QED) is 0.366. The molecule has 0 aliphatic rings. The van der Waals surface area contributed by atoms with Gasteiger partial charge < -0.3 is 24.5 Å². The molecule has 1 unspecified atom stereocenters. The number of H-pyrrole nitrogens is 1. The van der Waals surface area contributed by atoms with E-state index < -0.39 is 18.0 Å². The predicted octanol–water partition coefficient (Wildman–Crippen LogP) is 4.82. The Morgan fingerprint density at radius 1 is 1.00 bits per heavy atom. The molecule has 0 fully saturated rings. The zero-order valence-corrected chi connectivity index (χ0v) is 19.1. The molecule has 3 aromatic carbocycles. The maximum absolute atomic E-state index is 12.8. The Kier molecular flexibility index (Phi) is 6.77. The average Bonchev–Trinajstić information content (AvgIpc) is 3.31. The number of imidazole rings is 1. The number of aromatic amines is 1. The molecule has 0 aliphatic carbocycles. The molecule has 1 aromatic heterocycles. The fourth-order valence-corrected chi connectivity index (χ4v) is 3.50.